The van der Waals surface area contributed by atoms with Gasteiger partial charge >= 0.3 is 5.97 Å². The van der Waals surface area contributed by atoms with Crippen LogP contribution in [0.5, 0.6) is 5.75 Å². The number of hydrogen-bond donors (Lipinski definition) is 2. The first-order valence-corrected chi connectivity index (χ1v) is 5.87. The van der Waals surface area contributed by atoms with Crippen molar-refractivity contribution in [3.8, 4) is 5.75 Å². The van der Waals surface area contributed by atoms with Crippen LogP contribution >= 0.6 is 15.9 Å². The van der Waals surface area contributed by atoms with E-state index in [0.717, 1.165) is 0 Å². The summed E-state index contributed by atoms with van der Waals surface area (Å²) in [4.78, 5) is 11.1. The number of phenolic OH excluding ortho intramolecular Hbond substituents is 1. The molecule has 0 saturated heterocycles. The Bertz CT molecular complexity index is 454. The van der Waals surface area contributed by atoms with E-state index in [1.807, 2.05) is 19.9 Å². The molecule has 3 nitrogen and oxygen atoms in total. The van der Waals surface area contributed by atoms with Crippen molar-refractivity contribution in [1.82, 2.24) is 0 Å². The van der Waals surface area contributed by atoms with Crippen molar-refractivity contribution in [2.75, 3.05) is 0 Å². The molecule has 2 rings (SSSR count). The second-order valence-corrected chi connectivity index (χ2v) is 5.65. The van der Waals surface area contributed by atoms with Crippen LogP contribution in [-0.2, 0) is 4.79 Å². The number of halogens is 1. The van der Waals surface area contributed by atoms with Gasteiger partial charge in [-0.3, -0.25) is 4.79 Å². The highest BCUT2D eigenvalue weighted by Crippen LogP contribution is 2.66. The van der Waals surface area contributed by atoms with Gasteiger partial charge in [-0.05, 0) is 33.0 Å². The Hall–Kier alpha value is -1.03. The monoisotopic (exact) mass is 284 g/mol. The first-order chi connectivity index (χ1) is 7.37. The van der Waals surface area contributed by atoms with E-state index in [2.05, 4.69) is 15.9 Å². The molecule has 16 heavy (non-hydrogen) atoms. The highest BCUT2D eigenvalue weighted by Gasteiger charge is 2.63. The number of aliphatic carboxylic acids is 1. The highest BCUT2D eigenvalue weighted by molar-refractivity contribution is 9.10. The Morgan fingerprint density at radius 2 is 2.06 bits per heavy atom. The summed E-state index contributed by atoms with van der Waals surface area (Å²) in [5.41, 5.74) is 0.427. The van der Waals surface area contributed by atoms with E-state index < -0.39 is 11.9 Å². The number of phenols is 1. The molecule has 1 aliphatic carbocycles. The largest absolute Gasteiger partial charge is 0.506 e. The molecule has 0 heterocycles. The minimum atomic E-state index is -0.797. The van der Waals surface area contributed by atoms with Gasteiger partial charge < -0.3 is 10.2 Å². The molecule has 1 aromatic rings. The van der Waals surface area contributed by atoms with Crippen LogP contribution in [0, 0.1) is 11.3 Å². The molecule has 86 valence electrons. The quantitative estimate of drug-likeness (QED) is 0.878. The molecule has 2 unspecified atom stereocenters. The maximum Gasteiger partial charge on any atom is 0.307 e. The minimum absolute atomic E-state index is 0.109. The lowest BCUT2D eigenvalue weighted by Crippen LogP contribution is -2.03. The Kier molecular flexibility index (Phi) is 2.49. The molecule has 4 heteroatoms. The normalized spacial score (nSPS) is 26.4. The van der Waals surface area contributed by atoms with Gasteiger partial charge in [0.25, 0.3) is 0 Å². The number of carbonyl (C=O) groups is 1. The van der Waals surface area contributed by atoms with Crippen LogP contribution in [-0.4, -0.2) is 16.2 Å². The molecule has 2 N–H and O–H groups in total. The van der Waals surface area contributed by atoms with E-state index in [1.165, 1.54) is 0 Å². The second-order valence-electron chi connectivity index (χ2n) is 4.79. The Balaban J connectivity index is 2.41. The fourth-order valence-corrected chi connectivity index (χ4v) is 2.84. The van der Waals surface area contributed by atoms with Gasteiger partial charge in [-0.2, -0.15) is 0 Å². The third-order valence-corrected chi connectivity index (χ3v) is 4.09. The Labute approximate surface area is 102 Å². The lowest BCUT2D eigenvalue weighted by molar-refractivity contribution is -0.139. The maximum atomic E-state index is 11.1. The zero-order valence-electron chi connectivity index (χ0n) is 9.07. The lowest BCUT2D eigenvalue weighted by Gasteiger charge is -2.06. The third kappa shape index (κ3) is 1.52. The summed E-state index contributed by atoms with van der Waals surface area (Å²) in [5.74, 6) is -1.16. The summed E-state index contributed by atoms with van der Waals surface area (Å²) in [6, 6.07) is 5.34. The van der Waals surface area contributed by atoms with E-state index in [1.54, 1.807) is 12.1 Å². The Morgan fingerprint density at radius 3 is 2.56 bits per heavy atom. The van der Waals surface area contributed by atoms with E-state index in [4.69, 9.17) is 5.11 Å². The number of carboxylic acid groups (broad SMARTS) is 1. The zero-order chi connectivity index (χ0) is 12.1. The molecule has 1 saturated carbocycles. The van der Waals surface area contributed by atoms with Crippen LogP contribution in [0.2, 0.25) is 0 Å². The number of benzene rings is 1. The average molecular weight is 285 g/mol. The van der Waals surface area contributed by atoms with Crippen LogP contribution in [0.15, 0.2) is 22.7 Å². The van der Waals surface area contributed by atoms with Gasteiger partial charge in [-0.1, -0.05) is 26.0 Å². The summed E-state index contributed by atoms with van der Waals surface area (Å²) in [5, 5.41) is 19.0. The van der Waals surface area contributed by atoms with E-state index in [0.29, 0.717) is 10.0 Å². The molecule has 1 aliphatic rings. The molecular formula is C12H13BrO3. The average Bonchev–Trinajstić information content (AvgIpc) is 2.74. The molecule has 0 bridgehead atoms. The summed E-state index contributed by atoms with van der Waals surface area (Å²) >= 11 is 3.24. The summed E-state index contributed by atoms with van der Waals surface area (Å²) in [7, 11) is 0. The van der Waals surface area contributed by atoms with Crippen LogP contribution in [0.4, 0.5) is 0 Å². The van der Waals surface area contributed by atoms with Gasteiger partial charge in [0, 0.05) is 5.92 Å². The standard InChI is InChI=1S/C12H13BrO3/c1-12(2)8(9(12)11(15)16)6-4-3-5-7(13)10(6)14/h3-5,8-9,14H,1-2H3,(H,15,16). The molecule has 0 amide bonds. The topological polar surface area (TPSA) is 57.5 Å². The lowest BCUT2D eigenvalue weighted by atomic mass is 10.0. The molecule has 0 spiro atoms. The number of carboxylic acids is 1. The van der Waals surface area contributed by atoms with Crippen molar-refractivity contribution in [3.63, 3.8) is 0 Å². The van der Waals surface area contributed by atoms with Gasteiger partial charge in [-0.15, -0.1) is 0 Å². The van der Waals surface area contributed by atoms with Crippen molar-refractivity contribution in [3.05, 3.63) is 28.2 Å². The number of aromatic hydroxyl groups is 1. The van der Waals surface area contributed by atoms with Gasteiger partial charge in [0.2, 0.25) is 0 Å². The summed E-state index contributed by atoms with van der Waals surface area (Å²) < 4.78 is 0.608. The molecular weight excluding hydrogens is 272 g/mol. The fraction of sp³-hybridized carbons (Fsp3) is 0.417. The minimum Gasteiger partial charge on any atom is -0.506 e. The summed E-state index contributed by atoms with van der Waals surface area (Å²) in [6.45, 7) is 3.83. The SMILES string of the molecule is CC1(C)C(C(=O)O)C1c1cccc(Br)c1O. The van der Waals surface area contributed by atoms with Gasteiger partial charge in [0.15, 0.2) is 0 Å². The van der Waals surface area contributed by atoms with Gasteiger partial charge in [0.1, 0.15) is 5.75 Å². The van der Waals surface area contributed by atoms with Gasteiger partial charge in [-0.25, -0.2) is 0 Å². The predicted molar refractivity (Wildman–Crippen MR) is 63.5 cm³/mol. The number of hydrogen-bond acceptors (Lipinski definition) is 2. The highest BCUT2D eigenvalue weighted by atomic mass is 79.9. The molecule has 2 atom stereocenters. The molecule has 1 fully saturated rings. The van der Waals surface area contributed by atoms with E-state index in [-0.39, 0.29) is 17.1 Å². The van der Waals surface area contributed by atoms with Crippen LogP contribution in [0.1, 0.15) is 25.3 Å². The van der Waals surface area contributed by atoms with Crippen molar-refractivity contribution in [2.45, 2.75) is 19.8 Å². The molecule has 0 radical (unpaired) electrons. The van der Waals surface area contributed by atoms with E-state index in [9.17, 15) is 9.90 Å². The van der Waals surface area contributed by atoms with Crippen molar-refractivity contribution < 1.29 is 15.0 Å². The zero-order valence-corrected chi connectivity index (χ0v) is 10.7. The molecule has 1 aromatic carbocycles. The molecule has 0 aliphatic heterocycles. The van der Waals surface area contributed by atoms with Gasteiger partial charge in [0.05, 0.1) is 10.4 Å². The third-order valence-electron chi connectivity index (χ3n) is 3.45. The van der Waals surface area contributed by atoms with Crippen molar-refractivity contribution >= 4 is 21.9 Å². The number of para-hydroxylation sites is 1. The van der Waals surface area contributed by atoms with Crippen LogP contribution in [0.3, 0.4) is 0 Å². The van der Waals surface area contributed by atoms with Crippen molar-refractivity contribution in [1.29, 1.82) is 0 Å². The van der Waals surface area contributed by atoms with Crippen LogP contribution < -0.4 is 0 Å². The first kappa shape index (κ1) is 11.5. The number of rotatable bonds is 2. The predicted octanol–water partition coefficient (Wildman–Crippen LogP) is 2.98. The van der Waals surface area contributed by atoms with Crippen molar-refractivity contribution in [2.24, 2.45) is 11.3 Å². The summed E-state index contributed by atoms with van der Waals surface area (Å²) in [6.07, 6.45) is 0. The maximum absolute atomic E-state index is 11.1. The smallest absolute Gasteiger partial charge is 0.307 e. The Morgan fingerprint density at radius 1 is 1.44 bits per heavy atom. The molecule has 0 aromatic heterocycles. The fourth-order valence-electron chi connectivity index (χ4n) is 2.46. The second kappa shape index (κ2) is 3.48. The first-order valence-electron chi connectivity index (χ1n) is 5.07. The van der Waals surface area contributed by atoms with E-state index >= 15 is 0 Å². The van der Waals surface area contributed by atoms with Crippen LogP contribution in [0.25, 0.3) is 0 Å².